The molecule has 2 atom stereocenters. The first-order valence-electron chi connectivity index (χ1n) is 8.08. The van der Waals surface area contributed by atoms with Gasteiger partial charge in [0.1, 0.15) is 23.3 Å². The van der Waals surface area contributed by atoms with E-state index in [2.05, 4.69) is 15.1 Å². The van der Waals surface area contributed by atoms with Crippen LogP contribution in [0, 0.1) is 12.4 Å². The van der Waals surface area contributed by atoms with E-state index >= 15 is 0 Å². The van der Waals surface area contributed by atoms with Crippen LogP contribution >= 0.6 is 11.3 Å². The molecule has 0 aliphatic carbocycles. The Morgan fingerprint density at radius 2 is 2.12 bits per heavy atom. The quantitative estimate of drug-likeness (QED) is 0.645. The van der Waals surface area contributed by atoms with Crippen molar-refractivity contribution in [2.24, 2.45) is 0 Å². The van der Waals surface area contributed by atoms with Crippen LogP contribution in [0.1, 0.15) is 25.5 Å². The lowest BCUT2D eigenvalue weighted by molar-refractivity contribution is -0.0532. The molecule has 0 fully saturated rings. The van der Waals surface area contributed by atoms with E-state index in [9.17, 15) is 9.50 Å². The highest BCUT2D eigenvalue weighted by atomic mass is 32.1. The van der Waals surface area contributed by atoms with Crippen LogP contribution in [-0.4, -0.2) is 21.8 Å². The zero-order valence-electron chi connectivity index (χ0n) is 14.2. The molecule has 0 bridgehead atoms. The van der Waals surface area contributed by atoms with Gasteiger partial charge in [0.2, 0.25) is 0 Å². The second kappa shape index (κ2) is 5.94. The van der Waals surface area contributed by atoms with Crippen LogP contribution in [0.2, 0.25) is 0 Å². The minimum Gasteiger partial charge on any atom is -0.485 e. The van der Waals surface area contributed by atoms with E-state index in [1.54, 1.807) is 24.3 Å². The van der Waals surface area contributed by atoms with Crippen molar-refractivity contribution in [2.75, 3.05) is 5.32 Å². The third-order valence-electron chi connectivity index (χ3n) is 4.49. The number of hydrogen-bond acceptors (Lipinski definition) is 5. The van der Waals surface area contributed by atoms with Crippen LogP contribution in [0.5, 0.6) is 5.75 Å². The summed E-state index contributed by atoms with van der Waals surface area (Å²) in [6, 6.07) is 9.12. The Balaban J connectivity index is 1.77. The SMILES string of the molecule is [C-]#[N+]c1ccc2c(c1)[C@@H](Nc1nc3cc(F)ccc3s1)[C@H](O)C(C)(C)O2. The van der Waals surface area contributed by atoms with Gasteiger partial charge >= 0.3 is 0 Å². The largest absolute Gasteiger partial charge is 0.485 e. The molecule has 4 rings (SSSR count). The van der Waals surface area contributed by atoms with Crippen molar-refractivity contribution in [3.8, 4) is 5.75 Å². The number of thiazole rings is 1. The Kier molecular flexibility index (Phi) is 3.83. The molecule has 7 heteroatoms. The van der Waals surface area contributed by atoms with Gasteiger partial charge in [-0.3, -0.25) is 0 Å². The van der Waals surface area contributed by atoms with E-state index in [0.29, 0.717) is 27.6 Å². The molecule has 5 nitrogen and oxygen atoms in total. The molecule has 0 radical (unpaired) electrons. The summed E-state index contributed by atoms with van der Waals surface area (Å²) in [7, 11) is 0. The maximum Gasteiger partial charge on any atom is 0.187 e. The number of halogens is 1. The lowest BCUT2D eigenvalue weighted by Gasteiger charge is -2.42. The van der Waals surface area contributed by atoms with Crippen molar-refractivity contribution in [3.63, 3.8) is 0 Å². The Hall–Kier alpha value is -2.69. The zero-order valence-corrected chi connectivity index (χ0v) is 15.0. The predicted molar refractivity (Wildman–Crippen MR) is 99.4 cm³/mol. The Bertz CT molecular complexity index is 1040. The van der Waals surface area contributed by atoms with Crippen LogP contribution in [-0.2, 0) is 0 Å². The van der Waals surface area contributed by atoms with Gasteiger partial charge in [-0.2, -0.15) is 0 Å². The molecule has 0 saturated carbocycles. The normalized spacial score (nSPS) is 20.9. The number of aromatic nitrogens is 1. The van der Waals surface area contributed by atoms with Gasteiger partial charge in [-0.15, -0.1) is 0 Å². The number of nitrogens with zero attached hydrogens (tertiary/aromatic N) is 2. The fraction of sp³-hybridized carbons (Fsp3) is 0.263. The number of fused-ring (bicyclic) bond motifs is 2. The van der Waals surface area contributed by atoms with Crippen LogP contribution < -0.4 is 10.1 Å². The van der Waals surface area contributed by atoms with E-state index in [1.165, 1.54) is 23.5 Å². The first kappa shape index (κ1) is 16.8. The summed E-state index contributed by atoms with van der Waals surface area (Å²) >= 11 is 1.39. The molecular formula is C19H16FN3O2S. The highest BCUT2D eigenvalue weighted by molar-refractivity contribution is 7.22. The van der Waals surface area contributed by atoms with Gasteiger partial charge < -0.3 is 15.2 Å². The van der Waals surface area contributed by atoms with Crippen molar-refractivity contribution in [1.29, 1.82) is 0 Å². The highest BCUT2D eigenvalue weighted by Gasteiger charge is 2.43. The molecule has 0 amide bonds. The number of benzene rings is 2. The molecule has 3 aromatic rings. The number of aliphatic hydroxyl groups excluding tert-OH is 1. The van der Waals surface area contributed by atoms with Crippen LogP contribution in [0.15, 0.2) is 36.4 Å². The van der Waals surface area contributed by atoms with Crippen LogP contribution in [0.25, 0.3) is 15.1 Å². The van der Waals surface area contributed by atoms with E-state index in [-0.39, 0.29) is 5.82 Å². The fourth-order valence-corrected chi connectivity index (χ4v) is 3.99. The molecule has 26 heavy (non-hydrogen) atoms. The lowest BCUT2D eigenvalue weighted by atomic mass is 9.86. The van der Waals surface area contributed by atoms with Crippen molar-refractivity contribution in [2.45, 2.75) is 31.6 Å². The maximum atomic E-state index is 13.4. The smallest absolute Gasteiger partial charge is 0.187 e. The summed E-state index contributed by atoms with van der Waals surface area (Å²) in [4.78, 5) is 7.88. The summed E-state index contributed by atoms with van der Waals surface area (Å²) in [5.74, 6) is 0.283. The van der Waals surface area contributed by atoms with Gasteiger partial charge in [0.15, 0.2) is 10.8 Å². The standard InChI is InChI=1S/C19H16FN3O2S/c1-19(2)17(24)16(12-9-11(21-3)5-6-14(12)25-19)23-18-22-13-8-10(20)4-7-15(13)26-18/h4-9,16-17,24H,1-2H3,(H,22,23)/t16-,17+/m1/s1. The number of anilines is 1. The first-order valence-corrected chi connectivity index (χ1v) is 8.90. The first-order chi connectivity index (χ1) is 12.4. The molecule has 132 valence electrons. The second-order valence-corrected chi connectivity index (χ2v) is 7.77. The number of hydrogen-bond donors (Lipinski definition) is 2. The van der Waals surface area contributed by atoms with Crippen molar-refractivity contribution < 1.29 is 14.2 Å². The van der Waals surface area contributed by atoms with Crippen LogP contribution in [0.4, 0.5) is 15.2 Å². The van der Waals surface area contributed by atoms with Gasteiger partial charge in [-0.25, -0.2) is 14.2 Å². The highest BCUT2D eigenvalue weighted by Crippen LogP contribution is 2.43. The average molecular weight is 369 g/mol. The minimum atomic E-state index is -0.861. The summed E-state index contributed by atoms with van der Waals surface area (Å²) in [6.45, 7) is 10.8. The summed E-state index contributed by atoms with van der Waals surface area (Å²) < 4.78 is 20.2. The Morgan fingerprint density at radius 3 is 2.88 bits per heavy atom. The summed E-state index contributed by atoms with van der Waals surface area (Å²) in [5.41, 5.74) is 0.925. The second-order valence-electron chi connectivity index (χ2n) is 6.74. The molecule has 1 aliphatic rings. The Labute approximate surface area is 153 Å². The molecular weight excluding hydrogens is 353 g/mol. The monoisotopic (exact) mass is 369 g/mol. The molecule has 1 aromatic heterocycles. The number of nitrogens with one attached hydrogen (secondary N) is 1. The average Bonchev–Trinajstić information content (AvgIpc) is 3.00. The third-order valence-corrected chi connectivity index (χ3v) is 5.45. The third kappa shape index (κ3) is 2.77. The molecule has 0 spiro atoms. The zero-order chi connectivity index (χ0) is 18.5. The van der Waals surface area contributed by atoms with Gasteiger partial charge in [0.25, 0.3) is 0 Å². The molecule has 0 saturated heterocycles. The van der Waals surface area contributed by atoms with Gasteiger partial charge in [0.05, 0.1) is 22.8 Å². The van der Waals surface area contributed by atoms with Crippen molar-refractivity contribution in [1.82, 2.24) is 4.98 Å². The van der Waals surface area contributed by atoms with E-state index in [1.807, 2.05) is 13.8 Å². The predicted octanol–water partition coefficient (Wildman–Crippen LogP) is 4.67. The minimum absolute atomic E-state index is 0.339. The molecule has 2 aromatic carbocycles. The van der Waals surface area contributed by atoms with E-state index < -0.39 is 17.7 Å². The number of aliphatic hydroxyl groups is 1. The van der Waals surface area contributed by atoms with Crippen molar-refractivity contribution >= 4 is 32.4 Å². The molecule has 1 aliphatic heterocycles. The molecule has 0 unspecified atom stereocenters. The number of ether oxygens (including phenoxy) is 1. The lowest BCUT2D eigenvalue weighted by Crippen LogP contribution is -2.50. The summed E-state index contributed by atoms with van der Waals surface area (Å²) in [6.07, 6.45) is -0.861. The molecule has 2 heterocycles. The Morgan fingerprint density at radius 1 is 1.31 bits per heavy atom. The van der Waals surface area contributed by atoms with Crippen LogP contribution in [0.3, 0.4) is 0 Å². The molecule has 2 N–H and O–H groups in total. The van der Waals surface area contributed by atoms with E-state index in [0.717, 1.165) is 4.70 Å². The number of rotatable bonds is 2. The fourth-order valence-electron chi connectivity index (χ4n) is 3.11. The van der Waals surface area contributed by atoms with Gasteiger partial charge in [0, 0.05) is 11.6 Å². The van der Waals surface area contributed by atoms with E-state index in [4.69, 9.17) is 11.3 Å². The van der Waals surface area contributed by atoms with Gasteiger partial charge in [-0.05, 0) is 38.1 Å². The topological polar surface area (TPSA) is 58.7 Å². The summed E-state index contributed by atoms with van der Waals surface area (Å²) in [5, 5.41) is 14.7. The maximum absolute atomic E-state index is 13.4. The van der Waals surface area contributed by atoms with Gasteiger partial charge in [-0.1, -0.05) is 17.4 Å². The van der Waals surface area contributed by atoms with Crippen molar-refractivity contribution in [3.05, 3.63) is 59.2 Å².